The Kier molecular flexibility index (Phi) is 3.90. The van der Waals surface area contributed by atoms with Gasteiger partial charge in [-0.3, -0.25) is 0 Å². The summed E-state index contributed by atoms with van der Waals surface area (Å²) in [5.41, 5.74) is 2.40. The van der Waals surface area contributed by atoms with E-state index >= 15 is 0 Å². The van der Waals surface area contributed by atoms with Gasteiger partial charge in [0.15, 0.2) is 0 Å². The molecule has 0 fully saturated rings. The van der Waals surface area contributed by atoms with Crippen LogP contribution in [0.4, 0.5) is 5.69 Å². The van der Waals surface area contributed by atoms with Crippen molar-refractivity contribution in [2.45, 2.75) is 13.5 Å². The topological polar surface area (TPSA) is 12.0 Å². The van der Waals surface area contributed by atoms with Crippen LogP contribution in [0.15, 0.2) is 34.1 Å². The third kappa shape index (κ3) is 2.78. The van der Waals surface area contributed by atoms with Crippen molar-refractivity contribution in [1.29, 1.82) is 0 Å². The number of thiophene rings is 1. The molecule has 2 rings (SSSR count). The van der Waals surface area contributed by atoms with Gasteiger partial charge in [-0.25, -0.2) is 0 Å². The Balaban J connectivity index is 2.08. The molecule has 2 aromatic rings. The molecule has 0 aliphatic rings. The van der Waals surface area contributed by atoms with Crippen molar-refractivity contribution in [1.82, 2.24) is 0 Å². The average Bonchev–Trinajstić information content (AvgIpc) is 2.63. The number of benzene rings is 1. The lowest BCUT2D eigenvalue weighted by molar-refractivity contribution is 1.16. The van der Waals surface area contributed by atoms with Crippen molar-refractivity contribution in [2.75, 3.05) is 5.32 Å². The van der Waals surface area contributed by atoms with Gasteiger partial charge < -0.3 is 5.32 Å². The molecular weight excluding hydrogens is 306 g/mol. The van der Waals surface area contributed by atoms with Gasteiger partial charge in [0.05, 0.1) is 0 Å². The maximum atomic E-state index is 5.89. The summed E-state index contributed by atoms with van der Waals surface area (Å²) in [7, 11) is 0. The van der Waals surface area contributed by atoms with Crippen molar-refractivity contribution in [3.05, 3.63) is 49.6 Å². The molecule has 4 heteroatoms. The lowest BCUT2D eigenvalue weighted by Gasteiger charge is -2.08. The zero-order chi connectivity index (χ0) is 11.5. The number of hydrogen-bond acceptors (Lipinski definition) is 2. The Hall–Kier alpha value is -0.510. The third-order valence-electron chi connectivity index (χ3n) is 2.34. The average molecular weight is 317 g/mol. The monoisotopic (exact) mass is 315 g/mol. The van der Waals surface area contributed by atoms with Crippen LogP contribution in [0.25, 0.3) is 0 Å². The highest BCUT2D eigenvalue weighted by Crippen LogP contribution is 2.27. The molecule has 16 heavy (non-hydrogen) atoms. The minimum Gasteiger partial charge on any atom is -0.379 e. The molecule has 0 saturated carbocycles. The summed E-state index contributed by atoms with van der Waals surface area (Å²) in [6.45, 7) is 2.98. The van der Waals surface area contributed by atoms with Crippen LogP contribution in [-0.4, -0.2) is 0 Å². The van der Waals surface area contributed by atoms with Crippen molar-refractivity contribution < 1.29 is 0 Å². The molecule has 0 aliphatic heterocycles. The van der Waals surface area contributed by atoms with Crippen LogP contribution in [0.3, 0.4) is 0 Å². The number of aryl methyl sites for hydroxylation is 1. The number of anilines is 1. The van der Waals surface area contributed by atoms with Gasteiger partial charge >= 0.3 is 0 Å². The van der Waals surface area contributed by atoms with Gasteiger partial charge in [0.2, 0.25) is 0 Å². The second kappa shape index (κ2) is 5.21. The van der Waals surface area contributed by atoms with E-state index in [0.29, 0.717) is 0 Å². The molecule has 0 saturated heterocycles. The summed E-state index contributed by atoms with van der Waals surface area (Å²) in [5, 5.41) is 6.24. The number of hydrogen-bond donors (Lipinski definition) is 1. The normalized spacial score (nSPS) is 10.4. The minimum absolute atomic E-state index is 0.740. The first-order chi connectivity index (χ1) is 7.66. The van der Waals surface area contributed by atoms with Crippen LogP contribution in [0, 0.1) is 6.92 Å². The zero-order valence-corrected chi connectivity index (χ0v) is 11.9. The lowest BCUT2D eigenvalue weighted by atomic mass is 10.2. The first kappa shape index (κ1) is 12.0. The van der Waals surface area contributed by atoms with E-state index in [9.17, 15) is 0 Å². The van der Waals surface area contributed by atoms with Gasteiger partial charge in [-0.1, -0.05) is 11.6 Å². The van der Waals surface area contributed by atoms with Crippen LogP contribution < -0.4 is 5.32 Å². The Bertz CT molecular complexity index is 496. The number of rotatable bonds is 3. The van der Waals surface area contributed by atoms with Crippen LogP contribution in [0.5, 0.6) is 0 Å². The second-order valence-corrected chi connectivity index (χ2v) is 5.80. The first-order valence-corrected chi connectivity index (χ1v) is 6.94. The van der Waals surface area contributed by atoms with Crippen molar-refractivity contribution >= 4 is 44.6 Å². The molecule has 0 spiro atoms. The van der Waals surface area contributed by atoms with E-state index in [1.165, 1.54) is 10.4 Å². The van der Waals surface area contributed by atoms with Gasteiger partial charge in [0.1, 0.15) is 0 Å². The van der Waals surface area contributed by atoms with Crippen LogP contribution in [-0.2, 0) is 6.54 Å². The maximum absolute atomic E-state index is 5.89. The fourth-order valence-corrected chi connectivity index (χ4v) is 3.06. The predicted molar refractivity (Wildman–Crippen MR) is 75.5 cm³/mol. The second-order valence-electron chi connectivity index (χ2n) is 3.50. The fourth-order valence-electron chi connectivity index (χ4n) is 1.39. The van der Waals surface area contributed by atoms with E-state index in [1.54, 1.807) is 11.3 Å². The summed E-state index contributed by atoms with van der Waals surface area (Å²) in [5.74, 6) is 0. The highest BCUT2D eigenvalue weighted by molar-refractivity contribution is 9.10. The highest BCUT2D eigenvalue weighted by Gasteiger charge is 2.02. The van der Waals surface area contributed by atoms with E-state index in [0.717, 1.165) is 21.7 Å². The van der Waals surface area contributed by atoms with E-state index < -0.39 is 0 Å². The fraction of sp³-hybridized carbons (Fsp3) is 0.167. The molecule has 0 atom stereocenters. The Morgan fingerprint density at radius 2 is 2.19 bits per heavy atom. The van der Waals surface area contributed by atoms with Crippen LogP contribution in [0.1, 0.15) is 10.4 Å². The Morgan fingerprint density at radius 1 is 1.38 bits per heavy atom. The standard InChI is InChI=1S/C12H11BrClNS/c1-8-4-5-16-12(8)7-15-11-3-2-9(14)6-10(11)13/h2-6,15H,7H2,1H3. The van der Waals surface area contributed by atoms with Crippen LogP contribution in [0.2, 0.25) is 5.02 Å². The largest absolute Gasteiger partial charge is 0.379 e. The van der Waals surface area contributed by atoms with Gasteiger partial charge in [0, 0.05) is 26.6 Å². The van der Waals surface area contributed by atoms with E-state index in [-0.39, 0.29) is 0 Å². The lowest BCUT2D eigenvalue weighted by Crippen LogP contribution is -1.99. The minimum atomic E-state index is 0.740. The molecule has 1 nitrogen and oxygen atoms in total. The third-order valence-corrected chi connectivity index (χ3v) is 4.25. The quantitative estimate of drug-likeness (QED) is 0.832. The van der Waals surface area contributed by atoms with Crippen molar-refractivity contribution in [3.63, 3.8) is 0 Å². The Morgan fingerprint density at radius 3 is 2.81 bits per heavy atom. The van der Waals surface area contributed by atoms with E-state index in [2.05, 4.69) is 39.6 Å². The van der Waals surface area contributed by atoms with Gasteiger partial charge in [-0.05, 0) is 58.1 Å². The molecule has 1 N–H and O–H groups in total. The highest BCUT2D eigenvalue weighted by atomic mass is 79.9. The van der Waals surface area contributed by atoms with E-state index in [4.69, 9.17) is 11.6 Å². The molecule has 0 amide bonds. The van der Waals surface area contributed by atoms with Gasteiger partial charge in [-0.2, -0.15) is 0 Å². The van der Waals surface area contributed by atoms with Gasteiger partial charge in [0.25, 0.3) is 0 Å². The summed E-state index contributed by atoms with van der Waals surface area (Å²) in [4.78, 5) is 1.36. The summed E-state index contributed by atoms with van der Waals surface area (Å²) in [6, 6.07) is 7.90. The summed E-state index contributed by atoms with van der Waals surface area (Å²) >= 11 is 11.1. The summed E-state index contributed by atoms with van der Waals surface area (Å²) < 4.78 is 0.995. The predicted octanol–water partition coefficient (Wildman–Crippen LogP) is 5.08. The first-order valence-electron chi connectivity index (χ1n) is 4.88. The molecule has 84 valence electrons. The smallest absolute Gasteiger partial charge is 0.0497 e. The molecule has 0 aliphatic carbocycles. The van der Waals surface area contributed by atoms with Crippen molar-refractivity contribution in [3.8, 4) is 0 Å². The maximum Gasteiger partial charge on any atom is 0.0497 e. The SMILES string of the molecule is Cc1ccsc1CNc1ccc(Cl)cc1Br. The molecule has 1 aromatic carbocycles. The van der Waals surface area contributed by atoms with Crippen LogP contribution >= 0.6 is 38.9 Å². The molecule has 0 radical (unpaired) electrons. The number of halogens is 2. The number of nitrogens with one attached hydrogen (secondary N) is 1. The van der Waals surface area contributed by atoms with E-state index in [1.807, 2.05) is 18.2 Å². The molecular formula is C12H11BrClNS. The summed E-state index contributed by atoms with van der Waals surface area (Å²) in [6.07, 6.45) is 0. The zero-order valence-electron chi connectivity index (χ0n) is 8.76. The molecule has 1 heterocycles. The Labute approximate surface area is 113 Å². The molecule has 0 bridgehead atoms. The van der Waals surface area contributed by atoms with Gasteiger partial charge in [-0.15, -0.1) is 11.3 Å². The molecule has 0 unspecified atom stereocenters. The molecule has 1 aromatic heterocycles. The van der Waals surface area contributed by atoms with Crippen molar-refractivity contribution in [2.24, 2.45) is 0 Å².